The Morgan fingerprint density at radius 3 is 2.37 bits per heavy atom. The van der Waals surface area contributed by atoms with Crippen molar-refractivity contribution < 1.29 is 4.79 Å². The molecule has 0 spiro atoms. The summed E-state index contributed by atoms with van der Waals surface area (Å²) in [5.41, 5.74) is 8.14. The molecule has 0 fully saturated rings. The summed E-state index contributed by atoms with van der Waals surface area (Å²) in [6, 6.07) is 8.53. The number of amides is 1. The highest BCUT2D eigenvalue weighted by Crippen LogP contribution is 2.14. The number of aryl methyl sites for hydroxylation is 1. The van der Waals surface area contributed by atoms with E-state index >= 15 is 0 Å². The predicted octanol–water partition coefficient (Wildman–Crippen LogP) is 2.76. The van der Waals surface area contributed by atoms with Crippen molar-refractivity contribution in [2.75, 3.05) is 6.54 Å². The summed E-state index contributed by atoms with van der Waals surface area (Å²) < 4.78 is 0. The number of halogens is 1. The average molecular weight is 285 g/mol. The normalized spacial score (nSPS) is 13.3. The minimum atomic E-state index is 0. The monoisotopic (exact) mass is 284 g/mol. The molecule has 108 valence electrons. The zero-order valence-corrected chi connectivity index (χ0v) is 12.8. The van der Waals surface area contributed by atoms with Gasteiger partial charge in [0.05, 0.1) is 0 Å². The van der Waals surface area contributed by atoms with E-state index in [0.717, 1.165) is 6.42 Å². The molecule has 3 nitrogen and oxygen atoms in total. The molecular weight excluding hydrogens is 260 g/mol. The maximum atomic E-state index is 11.6. The van der Waals surface area contributed by atoms with Crippen LogP contribution in [0.15, 0.2) is 24.3 Å². The Kier molecular flexibility index (Phi) is 8.44. The van der Waals surface area contributed by atoms with Crippen LogP contribution in [0.5, 0.6) is 0 Å². The summed E-state index contributed by atoms with van der Waals surface area (Å²) in [4.78, 5) is 11.6. The lowest BCUT2D eigenvalue weighted by molar-refractivity contribution is -0.121. The Hall–Kier alpha value is -1.06. The van der Waals surface area contributed by atoms with E-state index in [0.29, 0.717) is 18.9 Å². The number of carbonyl (C=O) groups excluding carboxylic acids is 1. The van der Waals surface area contributed by atoms with Crippen LogP contribution in [-0.2, 0) is 4.79 Å². The molecule has 3 N–H and O–H groups in total. The molecule has 2 unspecified atom stereocenters. The first kappa shape index (κ1) is 17.9. The van der Waals surface area contributed by atoms with Crippen LogP contribution in [0.2, 0.25) is 0 Å². The summed E-state index contributed by atoms with van der Waals surface area (Å²) in [7, 11) is 0. The van der Waals surface area contributed by atoms with Gasteiger partial charge >= 0.3 is 0 Å². The van der Waals surface area contributed by atoms with Gasteiger partial charge in [0.15, 0.2) is 0 Å². The molecule has 2 atom stereocenters. The first-order valence-corrected chi connectivity index (χ1v) is 6.58. The van der Waals surface area contributed by atoms with Crippen molar-refractivity contribution in [2.24, 2.45) is 5.73 Å². The number of benzene rings is 1. The van der Waals surface area contributed by atoms with Crippen LogP contribution >= 0.6 is 12.4 Å². The highest BCUT2D eigenvalue weighted by Gasteiger charge is 2.08. The van der Waals surface area contributed by atoms with E-state index in [2.05, 4.69) is 43.4 Å². The van der Waals surface area contributed by atoms with Crippen LogP contribution in [0.25, 0.3) is 0 Å². The fourth-order valence-electron chi connectivity index (χ4n) is 1.73. The third kappa shape index (κ3) is 7.19. The Bertz CT molecular complexity index is 376. The molecule has 4 heteroatoms. The molecule has 0 aliphatic carbocycles. The van der Waals surface area contributed by atoms with Crippen molar-refractivity contribution in [3.63, 3.8) is 0 Å². The highest BCUT2D eigenvalue weighted by molar-refractivity contribution is 5.85. The van der Waals surface area contributed by atoms with Gasteiger partial charge in [-0.3, -0.25) is 4.79 Å². The van der Waals surface area contributed by atoms with E-state index in [1.54, 1.807) is 0 Å². The summed E-state index contributed by atoms with van der Waals surface area (Å²) in [5, 5.41) is 2.96. The van der Waals surface area contributed by atoms with Gasteiger partial charge in [0.1, 0.15) is 0 Å². The first-order valence-electron chi connectivity index (χ1n) is 6.58. The number of nitrogens with two attached hydrogens (primary N) is 1. The van der Waals surface area contributed by atoms with Gasteiger partial charge in [0.25, 0.3) is 0 Å². The lowest BCUT2D eigenvalue weighted by Gasteiger charge is -2.13. The van der Waals surface area contributed by atoms with Gasteiger partial charge in [-0.15, -0.1) is 12.4 Å². The predicted molar refractivity (Wildman–Crippen MR) is 82.7 cm³/mol. The van der Waals surface area contributed by atoms with Crippen molar-refractivity contribution >= 4 is 18.3 Å². The molecule has 0 aliphatic rings. The molecule has 0 bridgehead atoms. The Morgan fingerprint density at radius 2 is 1.84 bits per heavy atom. The topological polar surface area (TPSA) is 55.1 Å². The first-order chi connectivity index (χ1) is 8.49. The number of nitrogens with one attached hydrogen (secondary N) is 1. The van der Waals surface area contributed by atoms with Gasteiger partial charge in [0.2, 0.25) is 5.91 Å². The maximum absolute atomic E-state index is 11.6. The summed E-state index contributed by atoms with van der Waals surface area (Å²) in [5.74, 6) is 0.427. The van der Waals surface area contributed by atoms with Gasteiger partial charge < -0.3 is 11.1 Å². The molecule has 1 aromatic carbocycles. The fraction of sp³-hybridized carbons (Fsp3) is 0.533. The van der Waals surface area contributed by atoms with Gasteiger partial charge in [-0.05, 0) is 31.7 Å². The fourth-order valence-corrected chi connectivity index (χ4v) is 1.73. The van der Waals surface area contributed by atoms with Crippen molar-refractivity contribution in [3.8, 4) is 0 Å². The molecule has 1 rings (SSSR count). The van der Waals surface area contributed by atoms with Gasteiger partial charge in [-0.2, -0.15) is 0 Å². The second-order valence-corrected chi connectivity index (χ2v) is 5.13. The third-order valence-electron chi connectivity index (χ3n) is 3.08. The molecule has 0 heterocycles. The molecule has 1 amide bonds. The van der Waals surface area contributed by atoms with Gasteiger partial charge in [-0.1, -0.05) is 36.8 Å². The second-order valence-electron chi connectivity index (χ2n) is 5.13. The Labute approximate surface area is 122 Å². The SMILES string of the molecule is Cc1ccc(C(C)CNC(=O)CCC(C)N)cc1.Cl. The maximum Gasteiger partial charge on any atom is 0.220 e. The zero-order valence-electron chi connectivity index (χ0n) is 12.0. The summed E-state index contributed by atoms with van der Waals surface area (Å²) >= 11 is 0. The zero-order chi connectivity index (χ0) is 13.5. The highest BCUT2D eigenvalue weighted by atomic mass is 35.5. The minimum absolute atomic E-state index is 0. The molecule has 1 aromatic rings. The smallest absolute Gasteiger partial charge is 0.220 e. The largest absolute Gasteiger partial charge is 0.356 e. The standard InChI is InChI=1S/C15H24N2O.ClH/c1-11-4-7-14(8-5-11)12(2)10-17-15(18)9-6-13(3)16;/h4-5,7-8,12-13H,6,9-10,16H2,1-3H3,(H,17,18);1H. The number of hydrogen-bond donors (Lipinski definition) is 2. The van der Waals surface area contributed by atoms with Crippen molar-refractivity contribution in [1.29, 1.82) is 0 Å². The Morgan fingerprint density at radius 1 is 1.26 bits per heavy atom. The van der Waals surface area contributed by atoms with Crippen LogP contribution < -0.4 is 11.1 Å². The van der Waals surface area contributed by atoms with E-state index in [1.165, 1.54) is 11.1 Å². The second kappa shape index (κ2) is 8.94. The molecule has 0 saturated carbocycles. The molecular formula is C15H25ClN2O. The summed E-state index contributed by atoms with van der Waals surface area (Å²) in [6.07, 6.45) is 1.25. The molecule has 0 radical (unpaired) electrons. The van der Waals surface area contributed by atoms with E-state index in [9.17, 15) is 4.79 Å². The molecule has 0 aliphatic heterocycles. The van der Waals surface area contributed by atoms with Crippen LogP contribution in [0.1, 0.15) is 43.7 Å². The summed E-state index contributed by atoms with van der Waals surface area (Å²) in [6.45, 7) is 6.80. The number of rotatable bonds is 6. The lowest BCUT2D eigenvalue weighted by atomic mass is 10.00. The van der Waals surface area contributed by atoms with Crippen molar-refractivity contribution in [1.82, 2.24) is 5.32 Å². The Balaban J connectivity index is 0.00000324. The molecule has 19 heavy (non-hydrogen) atoms. The van der Waals surface area contributed by atoms with Crippen molar-refractivity contribution in [3.05, 3.63) is 35.4 Å². The lowest BCUT2D eigenvalue weighted by Crippen LogP contribution is -2.29. The van der Waals surface area contributed by atoms with Gasteiger partial charge in [-0.25, -0.2) is 0 Å². The molecule has 0 aromatic heterocycles. The van der Waals surface area contributed by atoms with Crippen LogP contribution in [0.4, 0.5) is 0 Å². The molecule has 0 saturated heterocycles. The van der Waals surface area contributed by atoms with E-state index in [4.69, 9.17) is 5.73 Å². The quantitative estimate of drug-likeness (QED) is 0.844. The van der Waals surface area contributed by atoms with Crippen LogP contribution in [0.3, 0.4) is 0 Å². The third-order valence-corrected chi connectivity index (χ3v) is 3.08. The number of hydrogen-bond acceptors (Lipinski definition) is 2. The number of carbonyl (C=O) groups is 1. The van der Waals surface area contributed by atoms with Crippen LogP contribution in [0, 0.1) is 6.92 Å². The van der Waals surface area contributed by atoms with Crippen molar-refractivity contribution in [2.45, 2.75) is 45.6 Å². The van der Waals surface area contributed by atoms with E-state index in [1.807, 2.05) is 6.92 Å². The van der Waals surface area contributed by atoms with E-state index < -0.39 is 0 Å². The minimum Gasteiger partial charge on any atom is -0.356 e. The average Bonchev–Trinajstić information content (AvgIpc) is 2.34. The van der Waals surface area contributed by atoms with Gasteiger partial charge in [0, 0.05) is 19.0 Å². The van der Waals surface area contributed by atoms with E-state index in [-0.39, 0.29) is 24.4 Å². The van der Waals surface area contributed by atoms with Crippen LogP contribution in [-0.4, -0.2) is 18.5 Å².